The zero-order valence-corrected chi connectivity index (χ0v) is 20.4. The summed E-state index contributed by atoms with van der Waals surface area (Å²) >= 11 is 12.3. The van der Waals surface area contributed by atoms with E-state index in [4.69, 9.17) is 23.2 Å². The van der Waals surface area contributed by atoms with Crippen LogP contribution in [0.2, 0.25) is 10.0 Å². The Labute approximate surface area is 203 Å². The smallest absolute Gasteiger partial charge is 0.337 e. The minimum atomic E-state index is -4.07. The van der Waals surface area contributed by atoms with Gasteiger partial charge >= 0.3 is 5.97 Å². The number of benzene rings is 2. The highest BCUT2D eigenvalue weighted by Crippen LogP contribution is 2.47. The van der Waals surface area contributed by atoms with Crippen LogP contribution in [0.15, 0.2) is 65.7 Å². The normalized spacial score (nSPS) is 14.5. The molecule has 3 aromatic rings. The Hall–Kier alpha value is -2.61. The van der Waals surface area contributed by atoms with E-state index in [-0.39, 0.29) is 33.3 Å². The molecule has 0 amide bonds. The van der Waals surface area contributed by atoms with Gasteiger partial charge in [0.05, 0.1) is 34.2 Å². The number of halogens is 2. The first-order valence-electron chi connectivity index (χ1n) is 10.3. The number of methoxy groups -OCH3 is 1. The number of rotatable bonds is 7. The topological polar surface area (TPSA) is 76.6 Å². The highest BCUT2D eigenvalue weighted by atomic mass is 35.5. The van der Waals surface area contributed by atoms with Crippen molar-refractivity contribution < 1.29 is 17.9 Å². The lowest BCUT2D eigenvalue weighted by Gasteiger charge is -2.25. The van der Waals surface area contributed by atoms with Crippen molar-refractivity contribution in [2.45, 2.75) is 36.6 Å². The molecule has 1 fully saturated rings. The summed E-state index contributed by atoms with van der Waals surface area (Å²) in [6, 6.07) is 14.9. The Morgan fingerprint density at radius 1 is 1.09 bits per heavy atom. The number of esters is 1. The molecule has 1 aromatic heterocycles. The molecule has 172 valence electrons. The fourth-order valence-electron chi connectivity index (χ4n) is 3.53. The largest absolute Gasteiger partial charge is 0.465 e. The van der Waals surface area contributed by atoms with Gasteiger partial charge < -0.3 is 4.74 Å². The maximum atomic E-state index is 13.6. The van der Waals surface area contributed by atoms with E-state index in [0.717, 1.165) is 22.7 Å². The number of hydrogen-bond donors (Lipinski definition) is 0. The monoisotopic (exact) mass is 504 g/mol. The van der Waals surface area contributed by atoms with E-state index in [2.05, 4.69) is 16.6 Å². The van der Waals surface area contributed by atoms with E-state index in [1.165, 1.54) is 49.2 Å². The van der Waals surface area contributed by atoms with Crippen LogP contribution in [0.4, 0.5) is 5.82 Å². The Morgan fingerprint density at radius 2 is 1.73 bits per heavy atom. The van der Waals surface area contributed by atoms with Crippen LogP contribution >= 0.6 is 23.2 Å². The molecule has 1 heterocycles. The van der Waals surface area contributed by atoms with Crippen molar-refractivity contribution in [1.82, 2.24) is 4.98 Å². The number of sulfonamides is 1. The third-order valence-corrected chi connectivity index (χ3v) is 8.10. The second-order valence-electron chi connectivity index (χ2n) is 8.24. The fraction of sp³-hybridized carbons (Fsp3) is 0.250. The summed E-state index contributed by atoms with van der Waals surface area (Å²) in [5, 5.41) is 0.407. The summed E-state index contributed by atoms with van der Waals surface area (Å²) in [5.41, 5.74) is 2.48. The van der Waals surface area contributed by atoms with Crippen molar-refractivity contribution in [1.29, 1.82) is 0 Å². The van der Waals surface area contributed by atoms with Crippen LogP contribution in [0.1, 0.15) is 41.3 Å². The van der Waals surface area contributed by atoms with E-state index >= 15 is 0 Å². The van der Waals surface area contributed by atoms with Gasteiger partial charge in [-0.15, -0.1) is 0 Å². The third kappa shape index (κ3) is 4.86. The summed E-state index contributed by atoms with van der Waals surface area (Å²) in [5.74, 6) is -0.487. The van der Waals surface area contributed by atoms with Crippen molar-refractivity contribution in [2.75, 3.05) is 11.4 Å². The maximum absolute atomic E-state index is 13.6. The molecule has 0 radical (unpaired) electrons. The molecule has 0 atom stereocenters. The molecule has 1 aliphatic carbocycles. The number of anilines is 1. The molecule has 0 unspecified atom stereocenters. The number of aromatic nitrogens is 1. The molecule has 6 nitrogen and oxygen atoms in total. The van der Waals surface area contributed by atoms with Crippen LogP contribution in [0.5, 0.6) is 0 Å². The van der Waals surface area contributed by atoms with Gasteiger partial charge in [-0.2, -0.15) is 0 Å². The number of carbonyl (C=O) groups is 1. The van der Waals surface area contributed by atoms with Crippen molar-refractivity contribution in [3.63, 3.8) is 0 Å². The maximum Gasteiger partial charge on any atom is 0.337 e. The van der Waals surface area contributed by atoms with Gasteiger partial charge in [0.15, 0.2) is 5.82 Å². The second-order valence-corrected chi connectivity index (χ2v) is 11.0. The van der Waals surface area contributed by atoms with Gasteiger partial charge in [-0.3, -0.25) is 0 Å². The summed E-state index contributed by atoms with van der Waals surface area (Å²) in [6.07, 6.45) is 3.65. The number of carbonyl (C=O) groups excluding carboxylic acids is 1. The first-order valence-corrected chi connectivity index (χ1v) is 12.5. The number of hydrogen-bond acceptors (Lipinski definition) is 5. The van der Waals surface area contributed by atoms with Crippen LogP contribution < -0.4 is 4.31 Å². The molecule has 2 aromatic carbocycles. The van der Waals surface area contributed by atoms with Crippen LogP contribution in [-0.2, 0) is 26.7 Å². The molecular weight excluding hydrogens is 483 g/mol. The molecule has 0 aliphatic heterocycles. The van der Waals surface area contributed by atoms with E-state index in [9.17, 15) is 13.2 Å². The van der Waals surface area contributed by atoms with Gasteiger partial charge in [0, 0.05) is 6.20 Å². The fourth-order valence-corrected chi connectivity index (χ4v) is 5.49. The second kappa shape index (κ2) is 8.97. The van der Waals surface area contributed by atoms with Crippen molar-refractivity contribution in [2.24, 2.45) is 0 Å². The van der Waals surface area contributed by atoms with E-state index in [1.54, 1.807) is 0 Å². The van der Waals surface area contributed by atoms with Gasteiger partial charge in [0.1, 0.15) is 0 Å². The molecule has 0 spiro atoms. The standard InChI is InChI=1S/C24H22Cl2N2O4S/c1-24(11-12-24)18-7-3-16(4-8-18)15-28(22-21(26)13-19(25)14-27-22)33(30,31)20-9-5-17(6-10-20)23(29)32-2/h3-10,13-14H,11-12,15H2,1-2H3. The molecular formula is C24H22Cl2N2O4S. The summed E-state index contributed by atoms with van der Waals surface area (Å²) in [4.78, 5) is 15.9. The lowest BCUT2D eigenvalue weighted by molar-refractivity contribution is 0.0600. The SMILES string of the molecule is COC(=O)c1ccc(S(=O)(=O)N(Cc2ccc(C3(C)CC3)cc2)c2ncc(Cl)cc2Cl)cc1. The number of pyridine rings is 1. The summed E-state index contributed by atoms with van der Waals surface area (Å²) in [6.45, 7) is 2.24. The van der Waals surface area contributed by atoms with Crippen LogP contribution in [0.3, 0.4) is 0 Å². The molecule has 1 aliphatic rings. The predicted octanol–water partition coefficient (Wildman–Crippen LogP) is 5.62. The molecule has 0 saturated heterocycles. The average Bonchev–Trinajstić information content (AvgIpc) is 3.56. The van der Waals surface area contributed by atoms with E-state index in [1.807, 2.05) is 24.3 Å². The lowest BCUT2D eigenvalue weighted by atomic mass is 9.97. The molecule has 0 bridgehead atoms. The Kier molecular flexibility index (Phi) is 6.40. The predicted molar refractivity (Wildman–Crippen MR) is 128 cm³/mol. The Morgan fingerprint density at radius 3 is 2.27 bits per heavy atom. The third-order valence-electron chi connectivity index (χ3n) is 5.87. The molecule has 9 heteroatoms. The van der Waals surface area contributed by atoms with Crippen LogP contribution in [0, 0.1) is 0 Å². The minimum absolute atomic E-state index is 0.00918. The lowest BCUT2D eigenvalue weighted by Crippen LogP contribution is -2.31. The first kappa shape index (κ1) is 23.5. The van der Waals surface area contributed by atoms with Crippen molar-refractivity contribution >= 4 is 45.0 Å². The highest BCUT2D eigenvalue weighted by molar-refractivity contribution is 7.92. The molecule has 1 saturated carbocycles. The summed E-state index contributed by atoms with van der Waals surface area (Å²) < 4.78 is 33.1. The molecule has 33 heavy (non-hydrogen) atoms. The van der Waals surface area contributed by atoms with Crippen molar-refractivity contribution in [3.8, 4) is 0 Å². The minimum Gasteiger partial charge on any atom is -0.465 e. The van der Waals surface area contributed by atoms with E-state index < -0.39 is 16.0 Å². The van der Waals surface area contributed by atoms with Gasteiger partial charge in [-0.25, -0.2) is 22.5 Å². The van der Waals surface area contributed by atoms with Crippen LogP contribution in [0.25, 0.3) is 0 Å². The Balaban J connectivity index is 1.72. The van der Waals surface area contributed by atoms with E-state index in [0.29, 0.717) is 5.02 Å². The van der Waals surface area contributed by atoms with Gasteiger partial charge in [0.2, 0.25) is 0 Å². The highest BCUT2D eigenvalue weighted by Gasteiger charge is 2.38. The quantitative estimate of drug-likeness (QED) is 0.390. The van der Waals surface area contributed by atoms with Gasteiger partial charge in [-0.1, -0.05) is 54.4 Å². The summed E-state index contributed by atoms with van der Waals surface area (Å²) in [7, 11) is -2.81. The van der Waals surface area contributed by atoms with Crippen molar-refractivity contribution in [3.05, 3.63) is 87.5 Å². The van der Waals surface area contributed by atoms with Gasteiger partial charge in [0.25, 0.3) is 10.0 Å². The number of ether oxygens (including phenoxy) is 1. The average molecular weight is 505 g/mol. The van der Waals surface area contributed by atoms with Crippen LogP contribution in [-0.4, -0.2) is 26.5 Å². The molecule has 4 rings (SSSR count). The zero-order chi connectivity index (χ0) is 23.8. The Bertz CT molecular complexity index is 1290. The number of nitrogens with zero attached hydrogens (tertiary/aromatic N) is 2. The first-order chi connectivity index (χ1) is 15.6. The van der Waals surface area contributed by atoms with Gasteiger partial charge in [-0.05, 0) is 59.7 Å². The molecule has 0 N–H and O–H groups in total. The zero-order valence-electron chi connectivity index (χ0n) is 18.1.